The van der Waals surface area contributed by atoms with Gasteiger partial charge in [-0.05, 0) is 25.0 Å². The molecule has 3 nitrogen and oxygen atoms in total. The van der Waals surface area contributed by atoms with E-state index in [0.29, 0.717) is 0 Å². The van der Waals surface area contributed by atoms with Crippen LogP contribution >= 0.6 is 0 Å². The van der Waals surface area contributed by atoms with Gasteiger partial charge in [-0.3, -0.25) is 4.98 Å². The van der Waals surface area contributed by atoms with Crippen LogP contribution in [0.25, 0.3) is 0 Å². The number of aliphatic hydroxyl groups excluding tert-OH is 1. The minimum atomic E-state index is 0.273. The van der Waals surface area contributed by atoms with Crippen LogP contribution in [0.5, 0.6) is 0 Å². The van der Waals surface area contributed by atoms with Crippen molar-refractivity contribution in [3.05, 3.63) is 24.5 Å². The number of hydrogen-bond acceptors (Lipinski definition) is 3. The first-order valence-electron chi connectivity index (χ1n) is 4.18. The van der Waals surface area contributed by atoms with Crippen molar-refractivity contribution >= 4 is 5.69 Å². The highest BCUT2D eigenvalue weighted by Crippen LogP contribution is 2.02. The van der Waals surface area contributed by atoms with Gasteiger partial charge in [0.05, 0.1) is 5.69 Å². The number of pyridine rings is 1. The molecule has 0 spiro atoms. The zero-order chi connectivity index (χ0) is 8.65. The molecule has 1 heterocycles. The van der Waals surface area contributed by atoms with E-state index in [9.17, 15) is 0 Å². The summed E-state index contributed by atoms with van der Waals surface area (Å²) in [5.74, 6) is 0. The summed E-state index contributed by atoms with van der Waals surface area (Å²) in [4.78, 5) is 3.97. The van der Waals surface area contributed by atoms with Gasteiger partial charge in [-0.15, -0.1) is 0 Å². The lowest BCUT2D eigenvalue weighted by Gasteiger charge is -2.03. The van der Waals surface area contributed by atoms with E-state index in [4.69, 9.17) is 5.11 Å². The van der Waals surface area contributed by atoms with Crippen LogP contribution < -0.4 is 5.32 Å². The quantitative estimate of drug-likeness (QED) is 0.647. The van der Waals surface area contributed by atoms with E-state index < -0.39 is 0 Å². The lowest BCUT2D eigenvalue weighted by molar-refractivity contribution is 0.286. The van der Waals surface area contributed by atoms with Crippen LogP contribution in [0, 0.1) is 0 Å². The molecule has 66 valence electrons. The highest BCUT2D eigenvalue weighted by Gasteiger charge is 1.89. The van der Waals surface area contributed by atoms with Crippen molar-refractivity contribution in [3.8, 4) is 0 Å². The normalized spacial score (nSPS) is 9.75. The maximum absolute atomic E-state index is 8.52. The smallest absolute Gasteiger partial charge is 0.0526 e. The van der Waals surface area contributed by atoms with Crippen molar-refractivity contribution in [2.45, 2.75) is 12.8 Å². The molecule has 3 heteroatoms. The van der Waals surface area contributed by atoms with Crippen molar-refractivity contribution in [3.63, 3.8) is 0 Å². The SMILES string of the molecule is OCCCCNc1cccnc1. The molecule has 0 saturated carbocycles. The third kappa shape index (κ3) is 3.34. The molecular weight excluding hydrogens is 152 g/mol. The third-order valence-corrected chi connectivity index (χ3v) is 1.58. The van der Waals surface area contributed by atoms with Crippen LogP contribution in [0.4, 0.5) is 5.69 Å². The van der Waals surface area contributed by atoms with Gasteiger partial charge in [0.2, 0.25) is 0 Å². The second kappa shape index (κ2) is 5.55. The fourth-order valence-electron chi connectivity index (χ4n) is 0.937. The summed E-state index contributed by atoms with van der Waals surface area (Å²) in [7, 11) is 0. The third-order valence-electron chi connectivity index (χ3n) is 1.58. The number of rotatable bonds is 5. The molecule has 12 heavy (non-hydrogen) atoms. The van der Waals surface area contributed by atoms with Gasteiger partial charge in [0, 0.05) is 25.5 Å². The van der Waals surface area contributed by atoms with E-state index in [2.05, 4.69) is 10.3 Å². The Bertz CT molecular complexity index is 201. The molecule has 0 amide bonds. The number of aromatic nitrogens is 1. The van der Waals surface area contributed by atoms with E-state index in [0.717, 1.165) is 25.1 Å². The lowest BCUT2D eigenvalue weighted by atomic mass is 10.3. The maximum Gasteiger partial charge on any atom is 0.0526 e. The molecule has 2 N–H and O–H groups in total. The molecule has 0 aliphatic carbocycles. The van der Waals surface area contributed by atoms with Crippen molar-refractivity contribution in [2.24, 2.45) is 0 Å². The summed E-state index contributed by atoms with van der Waals surface area (Å²) in [6.07, 6.45) is 5.39. The van der Waals surface area contributed by atoms with Crippen molar-refractivity contribution in [2.75, 3.05) is 18.5 Å². The predicted octanol–water partition coefficient (Wildman–Crippen LogP) is 1.27. The molecule has 1 rings (SSSR count). The lowest BCUT2D eigenvalue weighted by Crippen LogP contribution is -2.02. The summed E-state index contributed by atoms with van der Waals surface area (Å²) in [6, 6.07) is 3.88. The van der Waals surface area contributed by atoms with Crippen molar-refractivity contribution in [1.82, 2.24) is 4.98 Å². The molecule has 0 atom stereocenters. The zero-order valence-electron chi connectivity index (χ0n) is 7.03. The van der Waals surface area contributed by atoms with Crippen LogP contribution in [-0.2, 0) is 0 Å². The Labute approximate surface area is 72.5 Å². The molecule has 0 aliphatic rings. The summed E-state index contributed by atoms with van der Waals surface area (Å²) >= 11 is 0. The van der Waals surface area contributed by atoms with E-state index in [1.807, 2.05) is 12.1 Å². The summed E-state index contributed by atoms with van der Waals surface area (Å²) in [5, 5.41) is 11.7. The van der Waals surface area contributed by atoms with Gasteiger partial charge in [0.25, 0.3) is 0 Å². The first-order chi connectivity index (χ1) is 5.93. The maximum atomic E-state index is 8.52. The summed E-state index contributed by atoms with van der Waals surface area (Å²) < 4.78 is 0. The number of aliphatic hydroxyl groups is 1. The Kier molecular flexibility index (Phi) is 4.16. The fourth-order valence-corrected chi connectivity index (χ4v) is 0.937. The Morgan fingerprint density at radius 2 is 2.33 bits per heavy atom. The van der Waals surface area contributed by atoms with Crippen LogP contribution in [0.1, 0.15) is 12.8 Å². The highest BCUT2D eigenvalue weighted by molar-refractivity contribution is 5.39. The summed E-state index contributed by atoms with van der Waals surface area (Å²) in [5.41, 5.74) is 1.04. The molecule has 0 radical (unpaired) electrons. The zero-order valence-corrected chi connectivity index (χ0v) is 7.03. The standard InChI is InChI=1S/C9H14N2O/c12-7-2-1-6-11-9-4-3-5-10-8-9/h3-5,8,11-12H,1-2,6-7H2. The first kappa shape index (κ1) is 9.00. The molecule has 0 bridgehead atoms. The van der Waals surface area contributed by atoms with Crippen molar-refractivity contribution in [1.29, 1.82) is 0 Å². The molecular formula is C9H14N2O. The largest absolute Gasteiger partial charge is 0.396 e. The Hall–Kier alpha value is -1.09. The average Bonchev–Trinajstić information content (AvgIpc) is 2.14. The Balaban J connectivity index is 2.16. The second-order valence-electron chi connectivity index (χ2n) is 2.60. The topological polar surface area (TPSA) is 45.1 Å². The van der Waals surface area contributed by atoms with Gasteiger partial charge in [-0.2, -0.15) is 0 Å². The van der Waals surface area contributed by atoms with Crippen LogP contribution in [0.3, 0.4) is 0 Å². The van der Waals surface area contributed by atoms with Gasteiger partial charge in [0.15, 0.2) is 0 Å². The number of nitrogens with one attached hydrogen (secondary N) is 1. The minimum absolute atomic E-state index is 0.273. The van der Waals surface area contributed by atoms with Gasteiger partial charge >= 0.3 is 0 Å². The Morgan fingerprint density at radius 3 is 3.00 bits per heavy atom. The molecule has 0 fully saturated rings. The van der Waals surface area contributed by atoms with Crippen LogP contribution in [-0.4, -0.2) is 23.2 Å². The number of anilines is 1. The van der Waals surface area contributed by atoms with E-state index in [1.54, 1.807) is 12.4 Å². The van der Waals surface area contributed by atoms with E-state index >= 15 is 0 Å². The van der Waals surface area contributed by atoms with E-state index in [-0.39, 0.29) is 6.61 Å². The molecule has 1 aromatic rings. The van der Waals surface area contributed by atoms with Gasteiger partial charge in [-0.25, -0.2) is 0 Å². The molecule has 0 aromatic carbocycles. The Morgan fingerprint density at radius 1 is 1.42 bits per heavy atom. The minimum Gasteiger partial charge on any atom is -0.396 e. The molecule has 1 aromatic heterocycles. The predicted molar refractivity (Wildman–Crippen MR) is 49.0 cm³/mol. The average molecular weight is 166 g/mol. The number of hydrogen-bond donors (Lipinski definition) is 2. The summed E-state index contributed by atoms with van der Waals surface area (Å²) in [6.45, 7) is 1.17. The van der Waals surface area contributed by atoms with Gasteiger partial charge < -0.3 is 10.4 Å². The van der Waals surface area contributed by atoms with Gasteiger partial charge in [-0.1, -0.05) is 0 Å². The second-order valence-corrected chi connectivity index (χ2v) is 2.60. The first-order valence-corrected chi connectivity index (χ1v) is 4.18. The van der Waals surface area contributed by atoms with Gasteiger partial charge in [0.1, 0.15) is 0 Å². The van der Waals surface area contributed by atoms with Crippen LogP contribution in [0.2, 0.25) is 0 Å². The number of nitrogens with zero attached hydrogens (tertiary/aromatic N) is 1. The van der Waals surface area contributed by atoms with Crippen molar-refractivity contribution < 1.29 is 5.11 Å². The highest BCUT2D eigenvalue weighted by atomic mass is 16.2. The fraction of sp³-hybridized carbons (Fsp3) is 0.444. The monoisotopic (exact) mass is 166 g/mol. The van der Waals surface area contributed by atoms with Crippen LogP contribution in [0.15, 0.2) is 24.5 Å². The van der Waals surface area contributed by atoms with E-state index in [1.165, 1.54) is 0 Å². The molecule has 0 aliphatic heterocycles. The molecule has 0 saturated heterocycles. The number of unbranched alkanes of at least 4 members (excludes halogenated alkanes) is 1. The molecule has 0 unspecified atom stereocenters.